The van der Waals surface area contributed by atoms with Gasteiger partial charge in [-0.25, -0.2) is 4.79 Å². The summed E-state index contributed by atoms with van der Waals surface area (Å²) in [5, 5.41) is 0.806. The molecule has 0 N–H and O–H groups in total. The Morgan fingerprint density at radius 2 is 1.96 bits per heavy atom. The Balaban J connectivity index is 1.56. The zero-order valence-electron chi connectivity index (χ0n) is 14.5. The molecular weight excluding hydrogens is 330 g/mol. The summed E-state index contributed by atoms with van der Waals surface area (Å²) in [5.41, 5.74) is 2.18. The van der Waals surface area contributed by atoms with Gasteiger partial charge in [0.05, 0.1) is 0 Å². The fourth-order valence-corrected chi connectivity index (χ4v) is 3.35. The molecule has 1 unspecified atom stereocenters. The van der Waals surface area contributed by atoms with Crippen LogP contribution in [-0.2, 0) is 11.2 Å². The van der Waals surface area contributed by atoms with Gasteiger partial charge in [-0.1, -0.05) is 18.2 Å². The molecule has 2 heterocycles. The molecule has 1 aromatic heterocycles. The normalized spacial score (nSPS) is 14.7. The number of carbonyl (C=O) groups is 1. The molecule has 0 saturated heterocycles. The Morgan fingerprint density at radius 1 is 1.15 bits per heavy atom. The lowest BCUT2D eigenvalue weighted by molar-refractivity contribution is -0.124. The van der Waals surface area contributed by atoms with E-state index in [2.05, 4.69) is 6.07 Å². The number of aryl methyl sites for hydroxylation is 1. The maximum Gasteiger partial charge on any atom is 0.336 e. The van der Waals surface area contributed by atoms with Crippen LogP contribution in [0.2, 0.25) is 0 Å². The van der Waals surface area contributed by atoms with Crippen molar-refractivity contribution in [2.24, 2.45) is 0 Å². The minimum Gasteiger partial charge on any atom is -0.481 e. The highest BCUT2D eigenvalue weighted by Crippen LogP contribution is 2.28. The number of hydrogen-bond donors (Lipinski definition) is 0. The smallest absolute Gasteiger partial charge is 0.336 e. The Hall–Kier alpha value is -3.08. The van der Waals surface area contributed by atoms with Crippen LogP contribution in [-0.4, -0.2) is 18.6 Å². The molecule has 0 radical (unpaired) electrons. The third-order valence-corrected chi connectivity index (χ3v) is 4.63. The van der Waals surface area contributed by atoms with Gasteiger partial charge >= 0.3 is 5.63 Å². The number of amides is 1. The summed E-state index contributed by atoms with van der Waals surface area (Å²) in [6, 6.07) is 16.3. The van der Waals surface area contributed by atoms with Crippen molar-refractivity contribution in [1.29, 1.82) is 0 Å². The number of benzene rings is 2. The number of rotatable bonds is 3. The van der Waals surface area contributed by atoms with Crippen LogP contribution in [0.3, 0.4) is 0 Å². The van der Waals surface area contributed by atoms with Gasteiger partial charge < -0.3 is 14.1 Å². The van der Waals surface area contributed by atoms with E-state index in [0.29, 0.717) is 17.9 Å². The summed E-state index contributed by atoms with van der Waals surface area (Å²) in [6.07, 6.45) is 1.28. The topological polar surface area (TPSA) is 59.8 Å². The summed E-state index contributed by atoms with van der Waals surface area (Å²) in [7, 11) is 0. The Labute approximate surface area is 150 Å². The highest BCUT2D eigenvalue weighted by atomic mass is 16.5. The summed E-state index contributed by atoms with van der Waals surface area (Å²) in [6.45, 7) is 2.43. The molecule has 1 aliphatic rings. The minimum atomic E-state index is -0.644. The van der Waals surface area contributed by atoms with E-state index in [9.17, 15) is 9.59 Å². The van der Waals surface area contributed by atoms with Crippen molar-refractivity contribution in [3.63, 3.8) is 0 Å². The number of carbonyl (C=O) groups excluding carboxylic acids is 1. The predicted octanol–water partition coefficient (Wildman–Crippen LogP) is 3.54. The van der Waals surface area contributed by atoms with Gasteiger partial charge in [-0.2, -0.15) is 0 Å². The SMILES string of the molecule is CC(Oc1ccc2ccc(=O)oc2c1)C(=O)N1CCCc2ccccc21. The summed E-state index contributed by atoms with van der Waals surface area (Å²) in [5.74, 6) is 0.421. The van der Waals surface area contributed by atoms with Crippen LogP contribution in [0.1, 0.15) is 18.9 Å². The van der Waals surface area contributed by atoms with Crippen molar-refractivity contribution < 1.29 is 13.9 Å². The van der Waals surface area contributed by atoms with Crippen LogP contribution in [0.4, 0.5) is 5.69 Å². The molecule has 0 saturated carbocycles. The predicted molar refractivity (Wildman–Crippen MR) is 99.7 cm³/mol. The lowest BCUT2D eigenvalue weighted by atomic mass is 10.0. The highest BCUT2D eigenvalue weighted by Gasteiger charge is 2.27. The largest absolute Gasteiger partial charge is 0.481 e. The molecule has 0 aliphatic carbocycles. The fourth-order valence-electron chi connectivity index (χ4n) is 3.35. The zero-order valence-corrected chi connectivity index (χ0v) is 14.5. The Morgan fingerprint density at radius 3 is 2.85 bits per heavy atom. The Kier molecular flexibility index (Phi) is 4.21. The molecule has 3 aromatic rings. The molecule has 1 amide bonds. The first-order chi connectivity index (χ1) is 12.6. The van der Waals surface area contributed by atoms with Crippen LogP contribution < -0.4 is 15.3 Å². The van der Waals surface area contributed by atoms with Crippen LogP contribution in [0.15, 0.2) is 63.8 Å². The van der Waals surface area contributed by atoms with Gasteiger partial charge in [0.1, 0.15) is 11.3 Å². The van der Waals surface area contributed by atoms with Gasteiger partial charge in [-0.15, -0.1) is 0 Å². The number of fused-ring (bicyclic) bond motifs is 2. The average molecular weight is 349 g/mol. The number of anilines is 1. The number of ether oxygens (including phenoxy) is 1. The molecule has 0 fully saturated rings. The van der Waals surface area contributed by atoms with Crippen molar-refractivity contribution in [2.75, 3.05) is 11.4 Å². The van der Waals surface area contributed by atoms with E-state index < -0.39 is 11.7 Å². The number of para-hydroxylation sites is 1. The maximum atomic E-state index is 12.9. The monoisotopic (exact) mass is 349 g/mol. The van der Waals surface area contributed by atoms with E-state index in [1.54, 1.807) is 36.1 Å². The lowest BCUT2D eigenvalue weighted by Crippen LogP contribution is -2.43. The second kappa shape index (κ2) is 6.67. The van der Waals surface area contributed by atoms with E-state index in [4.69, 9.17) is 9.15 Å². The average Bonchev–Trinajstić information content (AvgIpc) is 2.66. The third kappa shape index (κ3) is 3.08. The molecule has 26 heavy (non-hydrogen) atoms. The van der Waals surface area contributed by atoms with E-state index in [-0.39, 0.29) is 5.91 Å². The zero-order chi connectivity index (χ0) is 18.1. The molecule has 0 bridgehead atoms. The van der Waals surface area contributed by atoms with Crippen molar-refractivity contribution in [3.8, 4) is 5.75 Å². The fraction of sp³-hybridized carbons (Fsp3) is 0.238. The van der Waals surface area contributed by atoms with Gasteiger partial charge in [0.25, 0.3) is 5.91 Å². The molecular formula is C21H19NO4. The van der Waals surface area contributed by atoms with Gasteiger partial charge in [0.2, 0.25) is 0 Å². The first-order valence-electron chi connectivity index (χ1n) is 8.72. The molecule has 1 atom stereocenters. The molecule has 5 nitrogen and oxygen atoms in total. The first-order valence-corrected chi connectivity index (χ1v) is 8.72. The highest BCUT2D eigenvalue weighted by molar-refractivity contribution is 5.97. The van der Waals surface area contributed by atoms with E-state index >= 15 is 0 Å². The van der Waals surface area contributed by atoms with Gasteiger partial charge in [-0.05, 0) is 49.6 Å². The third-order valence-electron chi connectivity index (χ3n) is 4.63. The molecule has 1 aliphatic heterocycles. The van der Waals surface area contributed by atoms with Crippen LogP contribution in [0.25, 0.3) is 11.0 Å². The van der Waals surface area contributed by atoms with E-state index in [1.807, 2.05) is 18.2 Å². The van der Waals surface area contributed by atoms with Gasteiger partial charge in [0.15, 0.2) is 6.10 Å². The Bertz CT molecular complexity index is 1020. The van der Waals surface area contributed by atoms with Crippen LogP contribution >= 0.6 is 0 Å². The maximum absolute atomic E-state index is 12.9. The summed E-state index contributed by atoms with van der Waals surface area (Å²) >= 11 is 0. The summed E-state index contributed by atoms with van der Waals surface area (Å²) < 4.78 is 11.0. The van der Waals surface area contributed by atoms with Crippen LogP contribution in [0.5, 0.6) is 5.75 Å². The quantitative estimate of drug-likeness (QED) is 0.679. The number of hydrogen-bond acceptors (Lipinski definition) is 4. The van der Waals surface area contributed by atoms with Crippen LogP contribution in [0, 0.1) is 0 Å². The van der Waals surface area contributed by atoms with Crippen molar-refractivity contribution in [3.05, 3.63) is 70.6 Å². The minimum absolute atomic E-state index is 0.0771. The van der Waals surface area contributed by atoms with Crippen molar-refractivity contribution >= 4 is 22.6 Å². The molecule has 4 rings (SSSR count). The van der Waals surface area contributed by atoms with Gasteiger partial charge in [0, 0.05) is 29.8 Å². The second-order valence-corrected chi connectivity index (χ2v) is 6.44. The van der Waals surface area contributed by atoms with E-state index in [0.717, 1.165) is 23.9 Å². The molecule has 2 aromatic carbocycles. The van der Waals surface area contributed by atoms with E-state index in [1.165, 1.54) is 11.6 Å². The second-order valence-electron chi connectivity index (χ2n) is 6.44. The molecule has 5 heteroatoms. The molecule has 132 valence electrons. The van der Waals surface area contributed by atoms with Crippen molar-refractivity contribution in [2.45, 2.75) is 25.9 Å². The number of nitrogens with zero attached hydrogens (tertiary/aromatic N) is 1. The summed E-state index contributed by atoms with van der Waals surface area (Å²) in [4.78, 5) is 26.1. The van der Waals surface area contributed by atoms with Crippen molar-refractivity contribution in [1.82, 2.24) is 0 Å². The lowest BCUT2D eigenvalue weighted by Gasteiger charge is -2.31. The standard InChI is InChI=1S/C21H19NO4/c1-14(21(24)22-12-4-6-15-5-2-3-7-18(15)22)25-17-10-8-16-9-11-20(23)26-19(16)13-17/h2-3,5,7-11,13-14H,4,6,12H2,1H3. The first kappa shape index (κ1) is 16.4. The molecule has 0 spiro atoms. The van der Waals surface area contributed by atoms with Gasteiger partial charge in [-0.3, -0.25) is 4.79 Å².